The summed E-state index contributed by atoms with van der Waals surface area (Å²) >= 11 is 5.98. The first-order valence-corrected chi connectivity index (χ1v) is 8.28. The van der Waals surface area contributed by atoms with Gasteiger partial charge in [0.15, 0.2) is 0 Å². The summed E-state index contributed by atoms with van der Waals surface area (Å²) in [5.74, 6) is -1.56. The van der Waals surface area contributed by atoms with Crippen LogP contribution < -0.4 is 0 Å². The van der Waals surface area contributed by atoms with E-state index in [9.17, 15) is 14.0 Å². The van der Waals surface area contributed by atoms with Gasteiger partial charge in [-0.1, -0.05) is 17.7 Å². The highest BCUT2D eigenvalue weighted by Gasteiger charge is 2.22. The molecule has 0 N–H and O–H groups in total. The predicted octanol–water partition coefficient (Wildman–Crippen LogP) is 2.83. The van der Waals surface area contributed by atoms with E-state index in [0.29, 0.717) is 13.0 Å². The number of ether oxygens (including phenoxy) is 1. The fraction of sp³-hybridized carbons (Fsp3) is 0.529. The molecule has 0 radical (unpaired) electrons. The van der Waals surface area contributed by atoms with E-state index < -0.39 is 11.7 Å². The predicted molar refractivity (Wildman–Crippen MR) is 91.7 cm³/mol. The molecule has 0 fully saturated rings. The molecule has 0 unspecified atom stereocenters. The molecule has 134 valence electrons. The van der Waals surface area contributed by atoms with Crippen LogP contribution in [0.2, 0.25) is 5.02 Å². The first-order chi connectivity index (χ1) is 11.4. The van der Waals surface area contributed by atoms with Crippen molar-refractivity contribution in [2.24, 2.45) is 0 Å². The molecule has 0 aliphatic rings. The molecule has 1 aromatic rings. The van der Waals surface area contributed by atoms with Gasteiger partial charge in [-0.3, -0.25) is 9.59 Å². The first kappa shape index (κ1) is 20.4. The standard InChI is InChI=1S/C17H24ClFN2O3/c1-4-24-15(22)9-12-21(11-6-10-20(2)3)17(23)16-13(18)7-5-8-14(16)19/h5,7-8H,4,6,9-12H2,1-3H3. The normalized spacial score (nSPS) is 10.8. The number of rotatable bonds is 9. The van der Waals surface area contributed by atoms with Crippen molar-refractivity contribution in [2.75, 3.05) is 40.3 Å². The molecular weight excluding hydrogens is 335 g/mol. The van der Waals surface area contributed by atoms with Crippen LogP contribution in [0.1, 0.15) is 30.1 Å². The number of carbonyl (C=O) groups excluding carboxylic acids is 2. The largest absolute Gasteiger partial charge is 0.466 e. The van der Waals surface area contributed by atoms with E-state index in [4.69, 9.17) is 16.3 Å². The summed E-state index contributed by atoms with van der Waals surface area (Å²) in [5.41, 5.74) is -0.159. The summed E-state index contributed by atoms with van der Waals surface area (Å²) in [6, 6.07) is 4.12. The number of amides is 1. The molecule has 0 bridgehead atoms. The van der Waals surface area contributed by atoms with Crippen LogP contribution in [0.25, 0.3) is 0 Å². The van der Waals surface area contributed by atoms with Gasteiger partial charge in [0.2, 0.25) is 0 Å². The van der Waals surface area contributed by atoms with Crippen molar-refractivity contribution < 1.29 is 18.7 Å². The molecule has 0 heterocycles. The van der Waals surface area contributed by atoms with Gasteiger partial charge in [0.1, 0.15) is 5.82 Å². The smallest absolute Gasteiger partial charge is 0.307 e. The minimum Gasteiger partial charge on any atom is -0.466 e. The van der Waals surface area contributed by atoms with Crippen LogP contribution in [0.4, 0.5) is 4.39 Å². The number of hydrogen-bond acceptors (Lipinski definition) is 4. The summed E-state index contributed by atoms with van der Waals surface area (Å²) in [4.78, 5) is 27.7. The Balaban J connectivity index is 2.85. The van der Waals surface area contributed by atoms with Crippen molar-refractivity contribution >= 4 is 23.5 Å². The average molecular weight is 359 g/mol. The lowest BCUT2D eigenvalue weighted by Gasteiger charge is -2.24. The van der Waals surface area contributed by atoms with Gasteiger partial charge in [-0.2, -0.15) is 0 Å². The third kappa shape index (κ3) is 6.45. The minimum absolute atomic E-state index is 0.0631. The van der Waals surface area contributed by atoms with Crippen LogP contribution in [0.5, 0.6) is 0 Å². The van der Waals surface area contributed by atoms with E-state index in [1.807, 2.05) is 19.0 Å². The van der Waals surface area contributed by atoms with E-state index in [0.717, 1.165) is 6.54 Å². The summed E-state index contributed by atoms with van der Waals surface area (Å²) in [7, 11) is 3.86. The molecule has 7 heteroatoms. The van der Waals surface area contributed by atoms with E-state index in [2.05, 4.69) is 0 Å². The Hall–Kier alpha value is -1.66. The number of hydrogen-bond donors (Lipinski definition) is 0. The van der Waals surface area contributed by atoms with Crippen LogP contribution in [0.15, 0.2) is 18.2 Å². The summed E-state index contributed by atoms with van der Waals surface area (Å²) < 4.78 is 18.9. The van der Waals surface area contributed by atoms with Crippen LogP contribution in [-0.2, 0) is 9.53 Å². The Labute approximate surface area is 147 Å². The minimum atomic E-state index is -0.666. The van der Waals surface area contributed by atoms with Gasteiger partial charge >= 0.3 is 5.97 Å². The molecule has 0 saturated carbocycles. The van der Waals surface area contributed by atoms with Gasteiger partial charge in [0.05, 0.1) is 23.6 Å². The fourth-order valence-corrected chi connectivity index (χ4v) is 2.46. The third-order valence-electron chi connectivity index (χ3n) is 3.39. The first-order valence-electron chi connectivity index (χ1n) is 7.90. The fourth-order valence-electron chi connectivity index (χ4n) is 2.21. The second kappa shape index (κ2) is 10.3. The van der Waals surface area contributed by atoms with E-state index in [1.165, 1.54) is 23.1 Å². The van der Waals surface area contributed by atoms with Gasteiger partial charge < -0.3 is 14.5 Å². The van der Waals surface area contributed by atoms with Crippen molar-refractivity contribution in [3.05, 3.63) is 34.6 Å². The average Bonchev–Trinajstić information content (AvgIpc) is 2.50. The third-order valence-corrected chi connectivity index (χ3v) is 3.70. The maximum absolute atomic E-state index is 14.0. The zero-order chi connectivity index (χ0) is 18.1. The number of benzene rings is 1. The highest BCUT2D eigenvalue weighted by Crippen LogP contribution is 2.21. The van der Waals surface area contributed by atoms with Crippen molar-refractivity contribution in [1.29, 1.82) is 0 Å². The number of esters is 1. The highest BCUT2D eigenvalue weighted by molar-refractivity contribution is 6.33. The molecular formula is C17H24ClFN2O3. The maximum atomic E-state index is 14.0. The highest BCUT2D eigenvalue weighted by atomic mass is 35.5. The van der Waals surface area contributed by atoms with Gasteiger partial charge in [0.25, 0.3) is 5.91 Å². The molecule has 0 atom stereocenters. The lowest BCUT2D eigenvalue weighted by atomic mass is 10.1. The van der Waals surface area contributed by atoms with Crippen LogP contribution in [0, 0.1) is 5.82 Å². The van der Waals surface area contributed by atoms with Crippen LogP contribution in [0.3, 0.4) is 0 Å². The topological polar surface area (TPSA) is 49.9 Å². The molecule has 0 spiro atoms. The molecule has 0 aliphatic heterocycles. The number of nitrogens with zero attached hydrogens (tertiary/aromatic N) is 2. The quantitative estimate of drug-likeness (QED) is 0.637. The second-order valence-corrected chi connectivity index (χ2v) is 6.01. The monoisotopic (exact) mass is 358 g/mol. The van der Waals surface area contributed by atoms with Crippen molar-refractivity contribution in [2.45, 2.75) is 19.8 Å². The van der Waals surface area contributed by atoms with Crippen molar-refractivity contribution in [3.63, 3.8) is 0 Å². The van der Waals surface area contributed by atoms with Gasteiger partial charge in [-0.25, -0.2) is 4.39 Å². The van der Waals surface area contributed by atoms with E-state index in [1.54, 1.807) is 6.92 Å². The maximum Gasteiger partial charge on any atom is 0.307 e. The number of carbonyl (C=O) groups is 2. The van der Waals surface area contributed by atoms with E-state index in [-0.39, 0.29) is 36.1 Å². The van der Waals surface area contributed by atoms with Gasteiger partial charge in [-0.05, 0) is 46.1 Å². The molecule has 1 aromatic carbocycles. The summed E-state index contributed by atoms with van der Waals surface area (Å²) in [5, 5.41) is 0.0637. The van der Waals surface area contributed by atoms with Crippen LogP contribution in [-0.4, -0.2) is 62.0 Å². The molecule has 0 aromatic heterocycles. The Morgan fingerprint density at radius 2 is 1.92 bits per heavy atom. The molecule has 1 rings (SSSR count). The second-order valence-electron chi connectivity index (χ2n) is 5.60. The molecule has 0 saturated heterocycles. The Morgan fingerprint density at radius 3 is 2.50 bits per heavy atom. The number of halogens is 2. The van der Waals surface area contributed by atoms with E-state index >= 15 is 0 Å². The molecule has 1 amide bonds. The Morgan fingerprint density at radius 1 is 1.21 bits per heavy atom. The summed E-state index contributed by atoms with van der Waals surface area (Å²) in [6.07, 6.45) is 0.765. The SMILES string of the molecule is CCOC(=O)CCN(CCCN(C)C)C(=O)c1c(F)cccc1Cl. The molecule has 24 heavy (non-hydrogen) atoms. The lowest BCUT2D eigenvalue weighted by molar-refractivity contribution is -0.143. The van der Waals surface area contributed by atoms with Crippen LogP contribution >= 0.6 is 11.6 Å². The molecule has 0 aliphatic carbocycles. The molecule has 5 nitrogen and oxygen atoms in total. The van der Waals surface area contributed by atoms with Gasteiger partial charge in [-0.15, -0.1) is 0 Å². The lowest BCUT2D eigenvalue weighted by Crippen LogP contribution is -2.36. The Kier molecular flexibility index (Phi) is 8.71. The Bertz CT molecular complexity index is 547. The van der Waals surface area contributed by atoms with Crippen molar-refractivity contribution in [1.82, 2.24) is 9.80 Å². The zero-order valence-corrected chi connectivity index (χ0v) is 15.1. The summed E-state index contributed by atoms with van der Waals surface area (Å²) in [6.45, 7) is 3.34. The van der Waals surface area contributed by atoms with Crippen molar-refractivity contribution in [3.8, 4) is 0 Å². The van der Waals surface area contributed by atoms with Gasteiger partial charge in [0, 0.05) is 13.1 Å². The zero-order valence-electron chi connectivity index (χ0n) is 14.3.